The van der Waals surface area contributed by atoms with Crippen LogP contribution >= 0.6 is 0 Å². The Labute approximate surface area is 347 Å². The third kappa shape index (κ3) is 10.2. The number of hydrogen-bond donors (Lipinski definition) is 0. The first-order valence-electron chi connectivity index (χ1n) is 17.2. The number of quaternary nitrogens is 2. The number of likely N-dealkylation sites (N-methyl/N-ethyl adjacent to an activating group) is 2. The molecule has 0 bridgehead atoms. The zero-order chi connectivity index (χ0) is 54.1. The van der Waals surface area contributed by atoms with Crippen molar-refractivity contribution in [2.24, 2.45) is 0 Å². The zero-order valence-electron chi connectivity index (χ0n) is 32.8. The maximum atomic E-state index is 14.2. The van der Waals surface area contributed by atoms with E-state index in [2.05, 4.69) is 0 Å². The molecular formula is C30H32F34N2+2. The summed E-state index contributed by atoms with van der Waals surface area (Å²) in [4.78, 5) is 0. The lowest BCUT2D eigenvalue weighted by Gasteiger charge is -2.43. The van der Waals surface area contributed by atoms with Crippen molar-refractivity contribution in [3.63, 3.8) is 0 Å². The normalized spacial score (nSPS) is 16.6. The van der Waals surface area contributed by atoms with Crippen molar-refractivity contribution in [2.75, 3.05) is 54.4 Å². The number of unbranched alkanes of at least 4 members (excludes halogenated alkanes) is 2. The quantitative estimate of drug-likeness (QED) is 0.0486. The molecule has 0 saturated heterocycles. The van der Waals surface area contributed by atoms with E-state index in [9.17, 15) is 149 Å². The van der Waals surface area contributed by atoms with Crippen molar-refractivity contribution in [3.05, 3.63) is 0 Å². The van der Waals surface area contributed by atoms with Crippen molar-refractivity contribution in [3.8, 4) is 0 Å². The van der Waals surface area contributed by atoms with Gasteiger partial charge in [-0.15, -0.1) is 0 Å². The molecule has 0 unspecified atom stereocenters. The average molecular weight is 1070 g/mol. The van der Waals surface area contributed by atoms with Crippen LogP contribution in [0, 0.1) is 0 Å². The molecule has 36 heteroatoms. The van der Waals surface area contributed by atoms with Gasteiger partial charge in [-0.25, -0.2) is 0 Å². The molecule has 0 spiro atoms. The lowest BCUT2D eigenvalue weighted by Crippen LogP contribution is -2.74. The Kier molecular flexibility index (Phi) is 17.1. The Hall–Kier alpha value is -2.46. The molecule has 2 nitrogen and oxygen atoms in total. The summed E-state index contributed by atoms with van der Waals surface area (Å²) in [5.74, 6) is -115. The topological polar surface area (TPSA) is 0 Å². The summed E-state index contributed by atoms with van der Waals surface area (Å²) in [6.07, 6.45) is -26.1. The predicted octanol–water partition coefficient (Wildman–Crippen LogP) is 13.5. The van der Waals surface area contributed by atoms with Gasteiger partial charge in [-0.1, -0.05) is 0 Å². The van der Waals surface area contributed by atoms with Crippen LogP contribution in [-0.4, -0.2) is 159 Å². The number of hydrogen-bond acceptors (Lipinski definition) is 0. The lowest BCUT2D eigenvalue weighted by atomic mass is 9.88. The second-order valence-corrected chi connectivity index (χ2v) is 16.0. The highest BCUT2D eigenvalue weighted by molar-refractivity contribution is 5.16. The Balaban J connectivity index is 5.78. The molecule has 0 rings (SSSR count). The molecule has 0 N–H and O–H groups in total. The molecule has 0 aromatic carbocycles. The Morgan fingerprint density at radius 1 is 0.212 bits per heavy atom. The minimum absolute atomic E-state index is 0.322. The second-order valence-electron chi connectivity index (χ2n) is 16.0. The summed E-state index contributed by atoms with van der Waals surface area (Å²) in [7, 11) is 4.51. The largest absolute Gasteiger partial charge is 0.460 e. The molecule has 0 fully saturated rings. The average Bonchev–Trinajstić information content (AvgIpc) is 3.09. The molecule has 0 aliphatic heterocycles. The van der Waals surface area contributed by atoms with Gasteiger partial charge in [0.2, 0.25) is 0 Å². The molecule has 0 amide bonds. The van der Waals surface area contributed by atoms with Crippen LogP contribution in [0.3, 0.4) is 0 Å². The molecule has 0 aliphatic carbocycles. The third-order valence-electron chi connectivity index (χ3n) is 9.89. The fourth-order valence-corrected chi connectivity index (χ4v) is 5.25. The van der Waals surface area contributed by atoms with Crippen molar-refractivity contribution >= 4 is 0 Å². The summed E-state index contributed by atoms with van der Waals surface area (Å²) in [6.45, 7) is -1.80. The molecule has 0 heterocycles. The summed E-state index contributed by atoms with van der Waals surface area (Å²) < 4.78 is 457. The molecule has 0 aliphatic rings. The Morgan fingerprint density at radius 2 is 0.379 bits per heavy atom. The van der Waals surface area contributed by atoms with Crippen LogP contribution in [0.5, 0.6) is 0 Å². The van der Waals surface area contributed by atoms with Gasteiger partial charge in [0.25, 0.3) is 0 Å². The van der Waals surface area contributed by atoms with Crippen LogP contribution in [-0.2, 0) is 0 Å². The fourth-order valence-electron chi connectivity index (χ4n) is 5.25. The molecule has 66 heavy (non-hydrogen) atoms. The van der Waals surface area contributed by atoms with E-state index in [-0.39, 0.29) is 13.1 Å². The van der Waals surface area contributed by atoms with E-state index in [1.165, 1.54) is 0 Å². The van der Waals surface area contributed by atoms with E-state index in [4.69, 9.17) is 0 Å². The van der Waals surface area contributed by atoms with Gasteiger partial charge in [0.15, 0.2) is 0 Å². The maximum absolute atomic E-state index is 14.2. The first kappa shape index (κ1) is 63.5. The minimum Gasteiger partial charge on any atom is -0.324 e. The van der Waals surface area contributed by atoms with Gasteiger partial charge in [0, 0.05) is 12.8 Å². The summed E-state index contributed by atoms with van der Waals surface area (Å²) >= 11 is 0. The highest BCUT2D eigenvalue weighted by Crippen LogP contribution is 2.66. The van der Waals surface area contributed by atoms with E-state index < -0.39 is 156 Å². The number of alkyl halides is 34. The van der Waals surface area contributed by atoms with Crippen LogP contribution in [0.4, 0.5) is 149 Å². The van der Waals surface area contributed by atoms with Crippen LogP contribution in [0.1, 0.15) is 38.5 Å². The molecule has 0 atom stereocenters. The predicted molar refractivity (Wildman–Crippen MR) is 153 cm³/mol. The monoisotopic (exact) mass is 1070 g/mol. The third-order valence-corrected chi connectivity index (χ3v) is 9.89. The van der Waals surface area contributed by atoms with Gasteiger partial charge in [-0.2, -0.15) is 149 Å². The van der Waals surface area contributed by atoms with E-state index in [0.717, 1.165) is 28.2 Å². The summed E-state index contributed by atoms with van der Waals surface area (Å²) in [6, 6.07) is 0. The van der Waals surface area contributed by atoms with Gasteiger partial charge >= 0.3 is 95.3 Å². The van der Waals surface area contributed by atoms with Crippen molar-refractivity contribution in [1.82, 2.24) is 0 Å². The zero-order valence-corrected chi connectivity index (χ0v) is 32.8. The highest BCUT2D eigenvalue weighted by atomic mass is 19.4. The standard InChI is InChI=1S/C30H32F34N2/c1-65(2,11-7-5-9-15(31,32)17(35,36)19(39,40)21(43,44)23(47,48)25(51,52)27(55,56)29(59,60)61)13-14-66(3,4)12-8-6-10-16(33,34)18(37,38)20(41,42)22(45,46)24(49,50)26(53,54)28(57,58)30(62,63)64/h5-14H2,1-4H3/q+2. The number of rotatable bonds is 25. The van der Waals surface area contributed by atoms with Gasteiger partial charge in [0.05, 0.1) is 41.3 Å². The molecule has 0 aromatic rings. The maximum Gasteiger partial charge on any atom is 0.460 e. The minimum atomic E-state index is -8.82. The first-order chi connectivity index (χ1) is 28.1. The van der Waals surface area contributed by atoms with Crippen LogP contribution in [0.25, 0.3) is 0 Å². The smallest absolute Gasteiger partial charge is 0.324 e. The van der Waals surface area contributed by atoms with E-state index in [0.29, 0.717) is 0 Å². The first-order valence-corrected chi connectivity index (χ1v) is 17.2. The van der Waals surface area contributed by atoms with E-state index in [1.54, 1.807) is 0 Å². The van der Waals surface area contributed by atoms with Gasteiger partial charge < -0.3 is 8.97 Å². The molecule has 0 radical (unpaired) electrons. The Bertz CT molecular complexity index is 1500. The SMILES string of the molecule is C[N+](C)(CCCCC(F)(F)C(F)(F)C(F)(F)C(F)(F)C(F)(F)C(F)(F)C(F)(F)C(F)(F)F)CC[N+](C)(C)CCCCC(F)(F)C(F)(F)C(F)(F)C(F)(F)C(F)(F)C(F)(F)C(F)(F)C(F)(F)F. The highest BCUT2D eigenvalue weighted by Gasteiger charge is 2.96. The fraction of sp³-hybridized carbons (Fsp3) is 1.00. The summed E-state index contributed by atoms with van der Waals surface area (Å²) in [5.41, 5.74) is 0. The van der Waals surface area contributed by atoms with Gasteiger partial charge in [-0.05, 0) is 25.7 Å². The Morgan fingerprint density at radius 3 is 0.561 bits per heavy atom. The molecule has 0 aromatic heterocycles. The lowest BCUT2D eigenvalue weighted by molar-refractivity contribution is -0.946. The van der Waals surface area contributed by atoms with Gasteiger partial charge in [0.1, 0.15) is 13.1 Å². The van der Waals surface area contributed by atoms with Crippen LogP contribution in [0.15, 0.2) is 0 Å². The van der Waals surface area contributed by atoms with Crippen LogP contribution < -0.4 is 0 Å². The summed E-state index contributed by atoms with van der Waals surface area (Å²) in [5, 5.41) is 0. The van der Waals surface area contributed by atoms with Crippen LogP contribution in [0.2, 0.25) is 0 Å². The second kappa shape index (κ2) is 17.7. The molecular weight excluding hydrogens is 1030 g/mol. The molecule has 0 saturated carbocycles. The van der Waals surface area contributed by atoms with Crippen molar-refractivity contribution < 1.29 is 158 Å². The van der Waals surface area contributed by atoms with Gasteiger partial charge in [-0.3, -0.25) is 0 Å². The molecule has 398 valence electrons. The van der Waals surface area contributed by atoms with E-state index >= 15 is 0 Å². The number of halogens is 34. The van der Waals surface area contributed by atoms with Crippen molar-refractivity contribution in [2.45, 2.75) is 134 Å². The van der Waals surface area contributed by atoms with E-state index in [1.807, 2.05) is 0 Å². The van der Waals surface area contributed by atoms with Crippen molar-refractivity contribution in [1.29, 1.82) is 0 Å². The number of nitrogens with zero attached hydrogens (tertiary/aromatic N) is 2.